The van der Waals surface area contributed by atoms with Crippen LogP contribution in [0.15, 0.2) is 12.4 Å². The SMILES string of the molecule is O=CN1CCN(C(=O)c2cnc(NCCN3CCOCC3)nc2)CC1. The zero-order chi connectivity index (χ0) is 17.5. The fraction of sp³-hybridized carbons (Fsp3) is 0.625. The Labute approximate surface area is 147 Å². The van der Waals surface area contributed by atoms with Crippen LogP contribution in [0.4, 0.5) is 5.95 Å². The molecular weight excluding hydrogens is 324 g/mol. The Morgan fingerprint density at radius 2 is 1.80 bits per heavy atom. The summed E-state index contributed by atoms with van der Waals surface area (Å²) in [4.78, 5) is 37.3. The Morgan fingerprint density at radius 3 is 2.44 bits per heavy atom. The Bertz CT molecular complexity index is 568. The minimum absolute atomic E-state index is 0.0922. The van der Waals surface area contributed by atoms with E-state index in [9.17, 15) is 9.59 Å². The summed E-state index contributed by atoms with van der Waals surface area (Å²) in [7, 11) is 0. The monoisotopic (exact) mass is 348 g/mol. The predicted octanol–water partition coefficient (Wildman–Crippen LogP) is -0.865. The summed E-state index contributed by atoms with van der Waals surface area (Å²) >= 11 is 0. The smallest absolute Gasteiger partial charge is 0.257 e. The van der Waals surface area contributed by atoms with Gasteiger partial charge in [0.25, 0.3) is 5.91 Å². The van der Waals surface area contributed by atoms with E-state index in [0.29, 0.717) is 37.7 Å². The van der Waals surface area contributed by atoms with Crippen LogP contribution in [0.25, 0.3) is 0 Å². The van der Waals surface area contributed by atoms with Crippen molar-refractivity contribution >= 4 is 18.3 Å². The van der Waals surface area contributed by atoms with Gasteiger partial charge >= 0.3 is 0 Å². The molecule has 1 aromatic rings. The van der Waals surface area contributed by atoms with Crippen molar-refractivity contribution in [2.45, 2.75) is 0 Å². The van der Waals surface area contributed by atoms with Crippen LogP contribution in [0.3, 0.4) is 0 Å². The zero-order valence-electron chi connectivity index (χ0n) is 14.3. The van der Waals surface area contributed by atoms with Gasteiger partial charge in [-0.2, -0.15) is 0 Å². The Kier molecular flexibility index (Phi) is 6.13. The fourth-order valence-corrected chi connectivity index (χ4v) is 2.89. The van der Waals surface area contributed by atoms with Crippen molar-refractivity contribution in [3.8, 4) is 0 Å². The summed E-state index contributed by atoms with van der Waals surface area (Å²) in [5.74, 6) is 0.431. The van der Waals surface area contributed by atoms with Gasteiger partial charge in [0.05, 0.1) is 18.8 Å². The number of rotatable bonds is 6. The molecule has 0 spiro atoms. The highest BCUT2D eigenvalue weighted by molar-refractivity contribution is 5.93. The second-order valence-electron chi connectivity index (χ2n) is 6.11. The number of nitrogens with zero attached hydrogens (tertiary/aromatic N) is 5. The maximum absolute atomic E-state index is 12.4. The van der Waals surface area contributed by atoms with E-state index in [1.807, 2.05) is 0 Å². The number of morpholine rings is 1. The largest absolute Gasteiger partial charge is 0.379 e. The van der Waals surface area contributed by atoms with E-state index >= 15 is 0 Å². The van der Waals surface area contributed by atoms with Gasteiger partial charge in [0.2, 0.25) is 12.4 Å². The first-order chi connectivity index (χ1) is 12.3. The first-order valence-electron chi connectivity index (χ1n) is 8.61. The quantitative estimate of drug-likeness (QED) is 0.669. The number of hydrogen-bond donors (Lipinski definition) is 1. The van der Waals surface area contributed by atoms with Crippen molar-refractivity contribution < 1.29 is 14.3 Å². The molecule has 1 aromatic heterocycles. The average molecular weight is 348 g/mol. The van der Waals surface area contributed by atoms with Gasteiger partial charge in [-0.15, -0.1) is 0 Å². The zero-order valence-corrected chi connectivity index (χ0v) is 14.3. The standard InChI is InChI=1S/C16H24N6O3/c23-13-21-3-5-22(6-4-21)15(24)14-11-18-16(19-12-14)17-1-2-20-7-9-25-10-8-20/h11-13H,1-10H2,(H,17,18,19). The fourth-order valence-electron chi connectivity index (χ4n) is 2.89. The van der Waals surface area contributed by atoms with Gasteiger partial charge in [0.1, 0.15) is 0 Å². The molecule has 136 valence electrons. The molecule has 1 N–H and O–H groups in total. The van der Waals surface area contributed by atoms with Gasteiger partial charge in [0, 0.05) is 64.8 Å². The molecule has 0 aromatic carbocycles. The van der Waals surface area contributed by atoms with Gasteiger partial charge in [-0.1, -0.05) is 0 Å². The molecule has 2 aliphatic heterocycles. The molecule has 2 amide bonds. The number of anilines is 1. The van der Waals surface area contributed by atoms with Gasteiger partial charge in [-0.05, 0) is 0 Å². The molecule has 0 bridgehead atoms. The summed E-state index contributed by atoms with van der Waals surface area (Å²) in [5, 5.41) is 3.18. The molecule has 2 saturated heterocycles. The predicted molar refractivity (Wildman–Crippen MR) is 91.3 cm³/mol. The number of aromatic nitrogens is 2. The van der Waals surface area contributed by atoms with E-state index in [0.717, 1.165) is 45.8 Å². The molecule has 0 unspecified atom stereocenters. The van der Waals surface area contributed by atoms with Crippen molar-refractivity contribution in [1.82, 2.24) is 24.7 Å². The number of hydrogen-bond acceptors (Lipinski definition) is 7. The number of amides is 2. The third kappa shape index (κ3) is 4.86. The first-order valence-corrected chi connectivity index (χ1v) is 8.61. The lowest BCUT2D eigenvalue weighted by atomic mass is 10.2. The maximum atomic E-state index is 12.4. The minimum Gasteiger partial charge on any atom is -0.379 e. The van der Waals surface area contributed by atoms with Crippen LogP contribution in [0.2, 0.25) is 0 Å². The second-order valence-corrected chi connectivity index (χ2v) is 6.11. The molecule has 0 saturated carbocycles. The minimum atomic E-state index is -0.0922. The molecule has 2 fully saturated rings. The molecule has 0 radical (unpaired) electrons. The molecule has 3 rings (SSSR count). The third-order valence-corrected chi connectivity index (χ3v) is 4.46. The van der Waals surface area contributed by atoms with Gasteiger partial charge in [-0.25, -0.2) is 9.97 Å². The molecule has 3 heterocycles. The molecule has 0 atom stereocenters. The number of piperazine rings is 1. The highest BCUT2D eigenvalue weighted by Crippen LogP contribution is 2.08. The number of ether oxygens (including phenoxy) is 1. The molecular formula is C16H24N6O3. The van der Waals surface area contributed by atoms with Crippen molar-refractivity contribution in [3.05, 3.63) is 18.0 Å². The molecule has 0 aliphatic carbocycles. The Balaban J connectivity index is 1.45. The van der Waals surface area contributed by atoms with E-state index in [2.05, 4.69) is 20.2 Å². The average Bonchev–Trinajstić information content (AvgIpc) is 2.69. The van der Waals surface area contributed by atoms with Crippen LogP contribution in [0.5, 0.6) is 0 Å². The molecule has 2 aliphatic rings. The van der Waals surface area contributed by atoms with E-state index < -0.39 is 0 Å². The van der Waals surface area contributed by atoms with E-state index in [-0.39, 0.29) is 5.91 Å². The van der Waals surface area contributed by atoms with Gasteiger partial charge < -0.3 is 19.9 Å². The Morgan fingerprint density at radius 1 is 1.12 bits per heavy atom. The number of carbonyl (C=O) groups excluding carboxylic acids is 2. The maximum Gasteiger partial charge on any atom is 0.257 e. The second kappa shape index (κ2) is 8.72. The highest BCUT2D eigenvalue weighted by Gasteiger charge is 2.21. The summed E-state index contributed by atoms with van der Waals surface area (Å²) < 4.78 is 5.32. The molecule has 25 heavy (non-hydrogen) atoms. The summed E-state index contributed by atoms with van der Waals surface area (Å²) in [5.41, 5.74) is 0.471. The van der Waals surface area contributed by atoms with Crippen molar-refractivity contribution in [2.75, 3.05) is 70.9 Å². The van der Waals surface area contributed by atoms with E-state index in [1.165, 1.54) is 0 Å². The molecule has 9 nitrogen and oxygen atoms in total. The van der Waals surface area contributed by atoms with Gasteiger partial charge in [0.15, 0.2) is 0 Å². The Hall–Kier alpha value is -2.26. The van der Waals surface area contributed by atoms with E-state index in [4.69, 9.17) is 4.74 Å². The third-order valence-electron chi connectivity index (χ3n) is 4.46. The lowest BCUT2D eigenvalue weighted by Gasteiger charge is -2.32. The van der Waals surface area contributed by atoms with Crippen LogP contribution < -0.4 is 5.32 Å². The summed E-state index contributed by atoms with van der Waals surface area (Å²) in [6, 6.07) is 0. The highest BCUT2D eigenvalue weighted by atomic mass is 16.5. The lowest BCUT2D eigenvalue weighted by molar-refractivity contribution is -0.119. The van der Waals surface area contributed by atoms with Crippen LogP contribution in [0.1, 0.15) is 10.4 Å². The summed E-state index contributed by atoms with van der Waals surface area (Å²) in [6.07, 6.45) is 3.93. The van der Waals surface area contributed by atoms with Crippen LogP contribution in [-0.4, -0.2) is 103 Å². The number of nitrogens with one attached hydrogen (secondary N) is 1. The van der Waals surface area contributed by atoms with Crippen LogP contribution in [-0.2, 0) is 9.53 Å². The topological polar surface area (TPSA) is 90.9 Å². The van der Waals surface area contributed by atoms with E-state index in [1.54, 1.807) is 22.2 Å². The van der Waals surface area contributed by atoms with Gasteiger partial charge in [-0.3, -0.25) is 14.5 Å². The van der Waals surface area contributed by atoms with Crippen molar-refractivity contribution in [1.29, 1.82) is 0 Å². The van der Waals surface area contributed by atoms with Crippen molar-refractivity contribution in [3.63, 3.8) is 0 Å². The normalized spacial score (nSPS) is 18.9. The summed E-state index contributed by atoms with van der Waals surface area (Å²) in [6.45, 7) is 7.35. The van der Waals surface area contributed by atoms with Crippen molar-refractivity contribution in [2.24, 2.45) is 0 Å². The molecule has 9 heteroatoms. The lowest BCUT2D eigenvalue weighted by Crippen LogP contribution is -2.48. The number of carbonyl (C=O) groups is 2. The van der Waals surface area contributed by atoms with Crippen LogP contribution in [0, 0.1) is 0 Å². The van der Waals surface area contributed by atoms with Crippen LogP contribution >= 0.6 is 0 Å². The first kappa shape index (κ1) is 17.6.